The third kappa shape index (κ3) is 6.42. The van der Waals surface area contributed by atoms with Crippen molar-refractivity contribution in [2.75, 3.05) is 26.2 Å². The molecule has 2 aliphatic rings. The van der Waals surface area contributed by atoms with Gasteiger partial charge in [-0.2, -0.15) is 0 Å². The van der Waals surface area contributed by atoms with Crippen molar-refractivity contribution >= 4 is 34.2 Å². The Kier molecular flexibility index (Phi) is 8.93. The lowest BCUT2D eigenvalue weighted by molar-refractivity contribution is -0.142. The highest BCUT2D eigenvalue weighted by molar-refractivity contribution is 7.17. The van der Waals surface area contributed by atoms with Crippen LogP contribution in [0.3, 0.4) is 0 Å². The highest BCUT2D eigenvalue weighted by Gasteiger charge is 2.42. The molecule has 1 N–H and O–H groups in total. The molecule has 2 atom stereocenters. The number of carbonyl (C=O) groups is 2. The Morgan fingerprint density at radius 2 is 1.80 bits per heavy atom. The van der Waals surface area contributed by atoms with Gasteiger partial charge in [-0.3, -0.25) is 23.9 Å². The van der Waals surface area contributed by atoms with Gasteiger partial charge in [-0.25, -0.2) is 9.37 Å². The van der Waals surface area contributed by atoms with Gasteiger partial charge in [0, 0.05) is 67.5 Å². The number of nitrogens with zero attached hydrogens (tertiary/aromatic N) is 6. The van der Waals surface area contributed by atoms with Crippen molar-refractivity contribution in [1.82, 2.24) is 28.9 Å². The van der Waals surface area contributed by atoms with E-state index in [-0.39, 0.29) is 47.2 Å². The zero-order valence-corrected chi connectivity index (χ0v) is 28.4. The minimum Gasteiger partial charge on any atom is -0.388 e. The maximum atomic E-state index is 15.2. The highest BCUT2D eigenvalue weighted by Crippen LogP contribution is 2.38. The molecular weight excluding hydrogens is 644 g/mol. The second-order valence-corrected chi connectivity index (χ2v) is 14.3. The van der Waals surface area contributed by atoms with Crippen LogP contribution >= 0.6 is 11.3 Å². The second kappa shape index (κ2) is 13.3. The number of likely N-dealkylation sites (tertiary alicyclic amines) is 2. The number of benzene rings is 1. The van der Waals surface area contributed by atoms with Gasteiger partial charge >= 0.3 is 0 Å². The van der Waals surface area contributed by atoms with Crippen molar-refractivity contribution < 1.29 is 19.1 Å². The van der Waals surface area contributed by atoms with Gasteiger partial charge in [0.15, 0.2) is 0 Å². The number of pyridine rings is 1. The van der Waals surface area contributed by atoms with Crippen molar-refractivity contribution in [1.29, 1.82) is 0 Å². The summed E-state index contributed by atoms with van der Waals surface area (Å²) in [7, 11) is 0. The summed E-state index contributed by atoms with van der Waals surface area (Å²) in [5.74, 6) is -1.58. The van der Waals surface area contributed by atoms with E-state index in [9.17, 15) is 19.5 Å². The van der Waals surface area contributed by atoms with Gasteiger partial charge in [-0.15, -0.1) is 11.3 Å². The predicted molar refractivity (Wildman–Crippen MR) is 186 cm³/mol. The zero-order valence-electron chi connectivity index (χ0n) is 27.6. The number of aliphatic hydroxyl groups is 1. The lowest BCUT2D eigenvalue weighted by Crippen LogP contribution is -2.53. The zero-order chi connectivity index (χ0) is 34.3. The number of aryl methyl sites for hydroxylation is 2. The van der Waals surface area contributed by atoms with Crippen LogP contribution in [0, 0.1) is 18.7 Å². The normalized spacial score (nSPS) is 19.3. The van der Waals surface area contributed by atoms with E-state index in [0.717, 1.165) is 28.2 Å². The number of rotatable bonds is 7. The van der Waals surface area contributed by atoms with Crippen molar-refractivity contribution in [3.8, 4) is 10.4 Å². The first kappa shape index (κ1) is 32.8. The van der Waals surface area contributed by atoms with Crippen LogP contribution in [0.4, 0.5) is 4.39 Å². The number of amides is 2. The molecule has 254 valence electrons. The van der Waals surface area contributed by atoms with Crippen LogP contribution in [0.15, 0.2) is 78.1 Å². The molecule has 5 aromatic rings. The van der Waals surface area contributed by atoms with Gasteiger partial charge < -0.3 is 19.5 Å². The average molecular weight is 683 g/mol. The number of fused-ring (bicyclic) bond motifs is 1. The Balaban J connectivity index is 1.05. The number of carbonyl (C=O) groups excluding carboxylic acids is 2. The molecule has 0 radical (unpaired) electrons. The van der Waals surface area contributed by atoms with Crippen molar-refractivity contribution in [3.05, 3.63) is 106 Å². The van der Waals surface area contributed by atoms with Crippen LogP contribution < -0.4 is 5.56 Å². The summed E-state index contributed by atoms with van der Waals surface area (Å²) in [5, 5.41) is 12.0. The Bertz CT molecular complexity index is 2070. The van der Waals surface area contributed by atoms with E-state index >= 15 is 4.39 Å². The Morgan fingerprint density at radius 1 is 1.02 bits per heavy atom. The molecular formula is C37H39FN6O4S. The van der Waals surface area contributed by atoms with E-state index in [0.29, 0.717) is 61.4 Å². The fraction of sp³-hybridized carbons (Fsp3) is 0.378. The van der Waals surface area contributed by atoms with Gasteiger partial charge in [0.2, 0.25) is 5.91 Å². The molecule has 2 fully saturated rings. The lowest BCUT2D eigenvalue weighted by atomic mass is 9.79. The number of thiophene rings is 1. The summed E-state index contributed by atoms with van der Waals surface area (Å²) in [4.78, 5) is 53.9. The summed E-state index contributed by atoms with van der Waals surface area (Å²) in [5.41, 5.74) is 1.85. The molecule has 0 aliphatic carbocycles. The monoisotopic (exact) mass is 682 g/mol. The number of hydrogen-bond acceptors (Lipinski definition) is 7. The minimum atomic E-state index is -1.16. The Morgan fingerprint density at radius 3 is 2.53 bits per heavy atom. The van der Waals surface area contributed by atoms with Gasteiger partial charge in [-0.05, 0) is 68.5 Å². The summed E-state index contributed by atoms with van der Waals surface area (Å²) < 4.78 is 18.6. The molecule has 12 heteroatoms. The Labute approximate surface area is 287 Å². The number of aromatic nitrogens is 4. The van der Waals surface area contributed by atoms with E-state index < -0.39 is 11.4 Å². The number of halogens is 1. The van der Waals surface area contributed by atoms with Crippen LogP contribution in [0.25, 0.3) is 21.5 Å². The van der Waals surface area contributed by atoms with Crippen LogP contribution in [0.1, 0.15) is 53.0 Å². The molecule has 49 heavy (non-hydrogen) atoms. The molecule has 1 aromatic carbocycles. The maximum absolute atomic E-state index is 15.2. The first-order chi connectivity index (χ1) is 23.6. The standard InChI is InChI=1S/C37H39FN6O4S/c1-3-41-15-11-28-33(41)40-23-44(35(28)46)22-37(48)12-17-42(18-13-37)34(45)27-10-16-43(21-29(27)25-7-5-4-6-8-25)36(47)32-30(38)20-31(49-32)26-9-14-39-24(2)19-26/h4-9,11,14-15,19-20,23,27,29,48H,3,10,12-13,16-18,21-22H2,1-2H3/t27-,29+/m1/s1. The van der Waals surface area contributed by atoms with Gasteiger partial charge in [0.05, 0.1) is 17.5 Å². The topological polar surface area (TPSA) is 114 Å². The maximum Gasteiger partial charge on any atom is 0.266 e. The largest absolute Gasteiger partial charge is 0.388 e. The first-order valence-electron chi connectivity index (χ1n) is 16.8. The molecule has 4 aromatic heterocycles. The summed E-state index contributed by atoms with van der Waals surface area (Å²) in [6.45, 7) is 5.98. The molecule has 2 aliphatic heterocycles. The van der Waals surface area contributed by atoms with Gasteiger partial charge in [-0.1, -0.05) is 30.3 Å². The summed E-state index contributed by atoms with van der Waals surface area (Å²) >= 11 is 1.13. The van der Waals surface area contributed by atoms with E-state index in [1.807, 2.05) is 61.0 Å². The van der Waals surface area contributed by atoms with E-state index in [4.69, 9.17) is 0 Å². The molecule has 0 bridgehead atoms. The third-order valence-electron chi connectivity index (χ3n) is 10.1. The first-order valence-corrected chi connectivity index (χ1v) is 17.6. The van der Waals surface area contributed by atoms with Crippen molar-refractivity contribution in [3.63, 3.8) is 0 Å². The SMILES string of the molecule is CCn1ccc2c(=O)n(CC3(O)CCN(C(=O)[C@@H]4CCN(C(=O)c5sc(-c6ccnc(C)c6)cc5F)C[C@H]4c4ccccc4)CC3)cnc21. The lowest BCUT2D eigenvalue weighted by Gasteiger charge is -2.43. The highest BCUT2D eigenvalue weighted by atomic mass is 32.1. The number of hydrogen-bond donors (Lipinski definition) is 1. The molecule has 2 amide bonds. The van der Waals surface area contributed by atoms with Crippen molar-refractivity contribution in [2.45, 2.75) is 57.7 Å². The summed E-state index contributed by atoms with van der Waals surface area (Å²) in [6, 6.07) is 16.5. The van der Waals surface area contributed by atoms with Crippen LogP contribution in [-0.4, -0.2) is 77.6 Å². The molecule has 0 unspecified atom stereocenters. The van der Waals surface area contributed by atoms with Gasteiger partial charge in [0.1, 0.15) is 22.7 Å². The third-order valence-corrected chi connectivity index (χ3v) is 11.2. The van der Waals surface area contributed by atoms with Crippen LogP contribution in [0.2, 0.25) is 0 Å². The second-order valence-electron chi connectivity index (χ2n) is 13.2. The molecule has 7 rings (SSSR count). The van der Waals surface area contributed by atoms with Crippen LogP contribution in [-0.2, 0) is 17.9 Å². The number of piperidine rings is 2. The Hall–Kier alpha value is -4.68. The van der Waals surface area contributed by atoms with Gasteiger partial charge in [0.25, 0.3) is 11.5 Å². The molecule has 2 saturated heterocycles. The fourth-order valence-corrected chi connectivity index (χ4v) is 8.30. The average Bonchev–Trinajstić information content (AvgIpc) is 3.73. The van der Waals surface area contributed by atoms with E-state index in [1.54, 1.807) is 28.1 Å². The molecule has 0 spiro atoms. The molecule has 6 heterocycles. The smallest absolute Gasteiger partial charge is 0.266 e. The van der Waals surface area contributed by atoms with E-state index in [2.05, 4.69) is 9.97 Å². The quantitative estimate of drug-likeness (QED) is 0.256. The fourth-order valence-electron chi connectivity index (χ4n) is 7.30. The molecule has 0 saturated carbocycles. The summed E-state index contributed by atoms with van der Waals surface area (Å²) in [6.07, 6.45) is 6.09. The van der Waals surface area contributed by atoms with Crippen molar-refractivity contribution in [2.24, 2.45) is 5.92 Å². The minimum absolute atomic E-state index is 0.0122. The van der Waals surface area contributed by atoms with Crippen LogP contribution in [0.5, 0.6) is 0 Å². The van der Waals surface area contributed by atoms with E-state index in [1.165, 1.54) is 17.0 Å². The predicted octanol–water partition coefficient (Wildman–Crippen LogP) is 5.09. The molecule has 10 nitrogen and oxygen atoms in total.